The van der Waals surface area contributed by atoms with Gasteiger partial charge in [0.05, 0.1) is 17.9 Å². The van der Waals surface area contributed by atoms with Crippen LogP contribution in [0.15, 0.2) is 45.5 Å². The van der Waals surface area contributed by atoms with Crippen molar-refractivity contribution in [1.29, 1.82) is 0 Å². The first-order valence-corrected chi connectivity index (χ1v) is 7.37. The van der Waals surface area contributed by atoms with E-state index in [0.717, 1.165) is 5.56 Å². The highest BCUT2D eigenvalue weighted by atomic mass is 35.5. The fourth-order valence-electron chi connectivity index (χ4n) is 2.08. The van der Waals surface area contributed by atoms with Gasteiger partial charge in [-0.15, -0.1) is 0 Å². The molecule has 0 spiro atoms. The van der Waals surface area contributed by atoms with E-state index in [4.69, 9.17) is 20.5 Å². The van der Waals surface area contributed by atoms with Gasteiger partial charge in [-0.2, -0.15) is 4.98 Å². The highest BCUT2D eigenvalue weighted by Gasteiger charge is 2.19. The second-order valence-corrected chi connectivity index (χ2v) is 5.49. The Balaban J connectivity index is 1.73. The molecular formula is C16H14ClN3O3. The van der Waals surface area contributed by atoms with Crippen molar-refractivity contribution in [2.24, 2.45) is 0 Å². The number of aromatic nitrogens is 2. The fourth-order valence-corrected chi connectivity index (χ4v) is 2.21. The number of aryl methyl sites for hydroxylation is 1. The molecule has 0 bridgehead atoms. The molecule has 3 rings (SSSR count). The molecule has 0 fully saturated rings. The van der Waals surface area contributed by atoms with Gasteiger partial charge < -0.3 is 14.3 Å². The average molecular weight is 332 g/mol. The van der Waals surface area contributed by atoms with E-state index in [-0.39, 0.29) is 5.91 Å². The molecule has 2 heterocycles. The van der Waals surface area contributed by atoms with E-state index in [1.54, 1.807) is 44.2 Å². The summed E-state index contributed by atoms with van der Waals surface area (Å²) in [6.45, 7) is 3.51. The number of carbonyl (C=O) groups excluding carboxylic acids is 1. The van der Waals surface area contributed by atoms with E-state index >= 15 is 0 Å². The lowest BCUT2D eigenvalue weighted by Crippen LogP contribution is -2.27. The summed E-state index contributed by atoms with van der Waals surface area (Å²) in [7, 11) is 0. The predicted octanol–water partition coefficient (Wildman–Crippen LogP) is 3.78. The Labute approximate surface area is 137 Å². The lowest BCUT2D eigenvalue weighted by molar-refractivity contribution is 0.0936. The number of benzene rings is 1. The average Bonchev–Trinajstić information content (AvgIpc) is 3.17. The Morgan fingerprint density at radius 3 is 2.65 bits per heavy atom. The molecule has 1 amide bonds. The molecule has 3 aromatic rings. The van der Waals surface area contributed by atoms with Crippen LogP contribution in [-0.4, -0.2) is 16.0 Å². The second kappa shape index (κ2) is 6.26. The standard InChI is InChI=1S/C16H14ClN3O3/c1-9(18-15(21)13-7-8-22-10(13)2)14-19-16(23-20-14)11-3-5-12(17)6-4-11/h3-9H,1-2H3,(H,18,21). The number of furan rings is 1. The third-order valence-corrected chi connectivity index (χ3v) is 3.62. The molecule has 0 aliphatic heterocycles. The molecular weight excluding hydrogens is 318 g/mol. The Bertz CT molecular complexity index is 823. The molecule has 0 aliphatic carbocycles. The van der Waals surface area contributed by atoms with Crippen molar-refractivity contribution >= 4 is 17.5 Å². The van der Waals surface area contributed by atoms with Gasteiger partial charge in [0, 0.05) is 10.6 Å². The molecule has 23 heavy (non-hydrogen) atoms. The first-order chi connectivity index (χ1) is 11.0. The van der Waals surface area contributed by atoms with Crippen LogP contribution in [0.25, 0.3) is 11.5 Å². The molecule has 1 N–H and O–H groups in total. The van der Waals surface area contributed by atoms with Gasteiger partial charge in [0.2, 0.25) is 0 Å². The number of amides is 1. The van der Waals surface area contributed by atoms with Gasteiger partial charge in [-0.25, -0.2) is 0 Å². The summed E-state index contributed by atoms with van der Waals surface area (Å²) in [4.78, 5) is 16.5. The molecule has 0 aliphatic rings. The first-order valence-electron chi connectivity index (χ1n) is 6.99. The molecule has 0 radical (unpaired) electrons. The Morgan fingerprint density at radius 1 is 1.26 bits per heavy atom. The Kier molecular flexibility index (Phi) is 4.16. The van der Waals surface area contributed by atoms with Crippen molar-refractivity contribution in [3.8, 4) is 11.5 Å². The van der Waals surface area contributed by atoms with Crippen LogP contribution in [0.5, 0.6) is 0 Å². The van der Waals surface area contributed by atoms with E-state index in [0.29, 0.717) is 28.1 Å². The van der Waals surface area contributed by atoms with Gasteiger partial charge >= 0.3 is 0 Å². The minimum atomic E-state index is -0.401. The highest BCUT2D eigenvalue weighted by molar-refractivity contribution is 6.30. The van der Waals surface area contributed by atoms with Crippen LogP contribution in [-0.2, 0) is 0 Å². The number of hydrogen-bond donors (Lipinski definition) is 1. The van der Waals surface area contributed by atoms with E-state index in [1.807, 2.05) is 0 Å². The fraction of sp³-hybridized carbons (Fsp3) is 0.188. The number of nitrogens with one attached hydrogen (secondary N) is 1. The summed E-state index contributed by atoms with van der Waals surface area (Å²) in [5.41, 5.74) is 1.25. The zero-order valence-corrected chi connectivity index (χ0v) is 13.3. The molecule has 0 saturated heterocycles. The van der Waals surface area contributed by atoms with Crippen LogP contribution in [0.2, 0.25) is 5.02 Å². The van der Waals surface area contributed by atoms with Crippen LogP contribution in [0.1, 0.15) is 34.9 Å². The van der Waals surface area contributed by atoms with Crippen LogP contribution in [0.3, 0.4) is 0 Å². The Hall–Kier alpha value is -2.60. The second-order valence-electron chi connectivity index (χ2n) is 5.05. The summed E-state index contributed by atoms with van der Waals surface area (Å²) in [5.74, 6) is 1.08. The SMILES string of the molecule is Cc1occc1C(=O)NC(C)c1noc(-c2ccc(Cl)cc2)n1. The van der Waals surface area contributed by atoms with Crippen molar-refractivity contribution in [1.82, 2.24) is 15.5 Å². The maximum atomic E-state index is 12.2. The van der Waals surface area contributed by atoms with E-state index in [1.165, 1.54) is 6.26 Å². The summed E-state index contributed by atoms with van der Waals surface area (Å²) >= 11 is 5.85. The number of rotatable bonds is 4. The van der Waals surface area contributed by atoms with Gasteiger partial charge in [-0.3, -0.25) is 4.79 Å². The maximum Gasteiger partial charge on any atom is 0.257 e. The van der Waals surface area contributed by atoms with Crippen molar-refractivity contribution in [3.63, 3.8) is 0 Å². The van der Waals surface area contributed by atoms with Crippen molar-refractivity contribution in [3.05, 3.63) is 58.8 Å². The Morgan fingerprint density at radius 2 is 2.00 bits per heavy atom. The van der Waals surface area contributed by atoms with Gasteiger partial charge in [0.15, 0.2) is 5.82 Å². The van der Waals surface area contributed by atoms with Crippen LogP contribution < -0.4 is 5.32 Å². The lowest BCUT2D eigenvalue weighted by atomic mass is 10.2. The minimum Gasteiger partial charge on any atom is -0.469 e. The highest BCUT2D eigenvalue weighted by Crippen LogP contribution is 2.21. The topological polar surface area (TPSA) is 81.2 Å². The molecule has 6 nitrogen and oxygen atoms in total. The molecule has 1 atom stereocenters. The van der Waals surface area contributed by atoms with E-state index in [2.05, 4.69) is 15.5 Å². The zero-order chi connectivity index (χ0) is 16.4. The molecule has 1 aromatic carbocycles. The quantitative estimate of drug-likeness (QED) is 0.786. The summed E-state index contributed by atoms with van der Waals surface area (Å²) < 4.78 is 10.4. The van der Waals surface area contributed by atoms with Crippen LogP contribution in [0.4, 0.5) is 0 Å². The summed E-state index contributed by atoms with van der Waals surface area (Å²) in [6, 6.07) is 8.28. The molecule has 2 aromatic heterocycles. The van der Waals surface area contributed by atoms with Crippen molar-refractivity contribution in [2.45, 2.75) is 19.9 Å². The van der Waals surface area contributed by atoms with Gasteiger partial charge in [0.1, 0.15) is 5.76 Å². The van der Waals surface area contributed by atoms with Crippen LogP contribution in [0, 0.1) is 6.92 Å². The van der Waals surface area contributed by atoms with Crippen LogP contribution >= 0.6 is 11.6 Å². The van der Waals surface area contributed by atoms with Crippen molar-refractivity contribution in [2.75, 3.05) is 0 Å². The summed E-state index contributed by atoms with van der Waals surface area (Å²) in [6.07, 6.45) is 1.47. The largest absolute Gasteiger partial charge is 0.469 e. The predicted molar refractivity (Wildman–Crippen MR) is 84.1 cm³/mol. The minimum absolute atomic E-state index is 0.249. The zero-order valence-electron chi connectivity index (χ0n) is 12.5. The molecule has 1 unspecified atom stereocenters. The van der Waals surface area contributed by atoms with E-state index < -0.39 is 6.04 Å². The van der Waals surface area contributed by atoms with Crippen molar-refractivity contribution < 1.29 is 13.7 Å². The number of nitrogens with zero attached hydrogens (tertiary/aromatic N) is 2. The third kappa shape index (κ3) is 3.27. The molecule has 0 saturated carbocycles. The smallest absolute Gasteiger partial charge is 0.257 e. The van der Waals surface area contributed by atoms with Gasteiger partial charge in [-0.05, 0) is 44.2 Å². The monoisotopic (exact) mass is 331 g/mol. The molecule has 7 heteroatoms. The lowest BCUT2D eigenvalue weighted by Gasteiger charge is -2.09. The number of halogens is 1. The maximum absolute atomic E-state index is 12.2. The first kappa shape index (κ1) is 15.3. The summed E-state index contributed by atoms with van der Waals surface area (Å²) in [5, 5.41) is 7.35. The number of carbonyl (C=O) groups is 1. The van der Waals surface area contributed by atoms with Gasteiger partial charge in [-0.1, -0.05) is 16.8 Å². The molecule has 118 valence electrons. The normalized spacial score (nSPS) is 12.1. The van der Waals surface area contributed by atoms with E-state index in [9.17, 15) is 4.79 Å². The number of hydrogen-bond acceptors (Lipinski definition) is 5. The van der Waals surface area contributed by atoms with Gasteiger partial charge in [0.25, 0.3) is 11.8 Å². The third-order valence-electron chi connectivity index (χ3n) is 3.37.